The average Bonchev–Trinajstić information content (AvgIpc) is 3.16. The van der Waals surface area contributed by atoms with Crippen LogP contribution >= 0.6 is 11.3 Å². The van der Waals surface area contributed by atoms with Gasteiger partial charge in [0, 0.05) is 31.7 Å². The van der Waals surface area contributed by atoms with Crippen LogP contribution in [0.2, 0.25) is 0 Å². The first-order chi connectivity index (χ1) is 14.8. The molecule has 0 fully saturated rings. The first-order valence-corrected chi connectivity index (χ1v) is 11.7. The van der Waals surface area contributed by atoms with E-state index in [1.807, 2.05) is 6.92 Å². The summed E-state index contributed by atoms with van der Waals surface area (Å²) in [5.41, 5.74) is 1.64. The zero-order valence-electron chi connectivity index (χ0n) is 17.3. The number of carbonyl (C=O) groups excluding carboxylic acids is 1. The van der Waals surface area contributed by atoms with Crippen LogP contribution < -0.4 is 19.7 Å². The molecule has 2 aromatic heterocycles. The average molecular weight is 462 g/mol. The number of carbonyl (C=O) groups is 1. The molecule has 0 aliphatic heterocycles. The number of aryl methyl sites for hydroxylation is 1. The highest BCUT2D eigenvalue weighted by Gasteiger charge is 2.24. The maximum absolute atomic E-state index is 12.7. The summed E-state index contributed by atoms with van der Waals surface area (Å²) in [7, 11) is -2.26. The van der Waals surface area contributed by atoms with Gasteiger partial charge in [0.1, 0.15) is 5.75 Å². The van der Waals surface area contributed by atoms with Gasteiger partial charge in [0.05, 0.1) is 12.3 Å². The van der Waals surface area contributed by atoms with Gasteiger partial charge < -0.3 is 10.1 Å². The van der Waals surface area contributed by atoms with Crippen LogP contribution in [-0.4, -0.2) is 38.1 Å². The van der Waals surface area contributed by atoms with Crippen LogP contribution in [0.4, 0.5) is 15.6 Å². The first kappa shape index (κ1) is 22.7. The number of hydrogen-bond acceptors (Lipinski definition) is 7. The van der Waals surface area contributed by atoms with Crippen LogP contribution in [0.25, 0.3) is 0 Å². The molecular formula is C20H23N5O4S2. The Bertz CT molecular complexity index is 1130. The minimum Gasteiger partial charge on any atom is -0.494 e. The molecule has 0 radical (unpaired) electrons. The van der Waals surface area contributed by atoms with E-state index in [-0.39, 0.29) is 15.9 Å². The molecule has 164 valence electrons. The molecule has 1 aromatic carbocycles. The van der Waals surface area contributed by atoms with Crippen LogP contribution in [-0.2, 0) is 16.6 Å². The van der Waals surface area contributed by atoms with Crippen molar-refractivity contribution < 1.29 is 17.9 Å². The van der Waals surface area contributed by atoms with Gasteiger partial charge in [-0.1, -0.05) is 17.4 Å². The van der Waals surface area contributed by atoms with Gasteiger partial charge in [-0.05, 0) is 49.7 Å². The van der Waals surface area contributed by atoms with E-state index in [1.165, 1.54) is 11.9 Å². The third-order valence-corrected chi connectivity index (χ3v) is 7.43. The number of hydrogen-bond donors (Lipinski definition) is 2. The molecule has 2 heterocycles. The van der Waals surface area contributed by atoms with Gasteiger partial charge in [0.25, 0.3) is 10.0 Å². The van der Waals surface area contributed by atoms with Crippen molar-refractivity contribution in [2.24, 2.45) is 0 Å². The minimum atomic E-state index is -3.79. The second-order valence-electron chi connectivity index (χ2n) is 6.50. The lowest BCUT2D eigenvalue weighted by molar-refractivity contribution is 0.258. The lowest BCUT2D eigenvalue weighted by Crippen LogP contribution is -2.31. The summed E-state index contributed by atoms with van der Waals surface area (Å²) >= 11 is 0.926. The molecule has 0 aliphatic carbocycles. The Morgan fingerprint density at radius 1 is 1.23 bits per heavy atom. The molecule has 0 saturated carbocycles. The van der Waals surface area contributed by atoms with E-state index in [1.54, 1.807) is 55.7 Å². The molecule has 0 atom stereocenters. The number of sulfonamides is 1. The Morgan fingerprint density at radius 2 is 1.97 bits per heavy atom. The lowest BCUT2D eigenvalue weighted by atomic mass is 10.3. The predicted octanol–water partition coefficient (Wildman–Crippen LogP) is 3.39. The molecule has 11 heteroatoms. The number of rotatable bonds is 8. The fraction of sp³-hybridized carbons (Fsp3) is 0.250. The lowest BCUT2D eigenvalue weighted by Gasteiger charge is -2.15. The summed E-state index contributed by atoms with van der Waals surface area (Å²) < 4.78 is 33.4. The summed E-state index contributed by atoms with van der Waals surface area (Å²) in [5, 5.41) is 3.02. The zero-order chi connectivity index (χ0) is 22.4. The number of thiazole rings is 1. The van der Waals surface area contributed by atoms with E-state index in [4.69, 9.17) is 4.74 Å². The number of pyridine rings is 1. The molecule has 9 nitrogen and oxygen atoms in total. The maximum Gasteiger partial charge on any atom is 0.327 e. The standard InChI is InChI=1S/C20H23N5O4S2/c1-4-29-17-9-7-16(8-10-17)24-19(26)25(3)20-23-14(2)18(30-20)31(27,28)22-13-15-6-5-11-21-12-15/h5-12,22H,4,13H2,1-3H3,(H,24,26). The Hall–Kier alpha value is -3.02. The number of nitrogens with zero attached hydrogens (tertiary/aromatic N) is 3. The van der Waals surface area contributed by atoms with Gasteiger partial charge in [-0.15, -0.1) is 0 Å². The van der Waals surface area contributed by atoms with Gasteiger partial charge >= 0.3 is 6.03 Å². The SMILES string of the molecule is CCOc1ccc(NC(=O)N(C)c2nc(C)c(S(=O)(=O)NCc3cccnc3)s2)cc1. The number of anilines is 2. The number of benzene rings is 1. The minimum absolute atomic E-state index is 0.0621. The summed E-state index contributed by atoms with van der Waals surface area (Å²) in [6.07, 6.45) is 3.21. The van der Waals surface area contributed by atoms with E-state index in [9.17, 15) is 13.2 Å². The summed E-state index contributed by atoms with van der Waals surface area (Å²) in [5.74, 6) is 0.707. The van der Waals surface area contributed by atoms with Crippen molar-refractivity contribution in [3.05, 3.63) is 60.0 Å². The molecular weight excluding hydrogens is 438 g/mol. The van der Waals surface area contributed by atoms with Crippen LogP contribution in [0.15, 0.2) is 53.0 Å². The monoisotopic (exact) mass is 461 g/mol. The topological polar surface area (TPSA) is 114 Å². The molecule has 0 unspecified atom stereocenters. The van der Waals surface area contributed by atoms with E-state index in [2.05, 4.69) is 20.0 Å². The largest absolute Gasteiger partial charge is 0.494 e. The molecule has 0 aliphatic rings. The molecule has 0 saturated heterocycles. The van der Waals surface area contributed by atoms with Crippen molar-refractivity contribution in [1.29, 1.82) is 0 Å². The zero-order valence-corrected chi connectivity index (χ0v) is 19.0. The smallest absolute Gasteiger partial charge is 0.327 e. The third kappa shape index (κ3) is 5.78. The highest BCUT2D eigenvalue weighted by Crippen LogP contribution is 2.29. The Morgan fingerprint density at radius 3 is 2.61 bits per heavy atom. The van der Waals surface area contributed by atoms with E-state index in [0.29, 0.717) is 23.7 Å². The van der Waals surface area contributed by atoms with Crippen molar-refractivity contribution in [2.45, 2.75) is 24.6 Å². The number of nitrogens with one attached hydrogen (secondary N) is 2. The Balaban J connectivity index is 1.69. The molecule has 3 aromatic rings. The predicted molar refractivity (Wildman–Crippen MR) is 120 cm³/mol. The molecule has 31 heavy (non-hydrogen) atoms. The second kappa shape index (κ2) is 9.86. The number of ether oxygens (including phenoxy) is 1. The van der Waals surface area contributed by atoms with E-state index < -0.39 is 16.1 Å². The summed E-state index contributed by atoms with van der Waals surface area (Å²) in [6, 6.07) is 10.0. The van der Waals surface area contributed by atoms with Crippen LogP contribution in [0.3, 0.4) is 0 Å². The molecule has 2 amide bonds. The van der Waals surface area contributed by atoms with E-state index >= 15 is 0 Å². The van der Waals surface area contributed by atoms with Gasteiger partial charge in [-0.25, -0.2) is 22.9 Å². The number of amides is 2. The van der Waals surface area contributed by atoms with Crippen molar-refractivity contribution in [1.82, 2.24) is 14.7 Å². The fourth-order valence-electron chi connectivity index (χ4n) is 2.60. The molecule has 0 bridgehead atoms. The van der Waals surface area contributed by atoms with Crippen LogP contribution in [0.1, 0.15) is 18.2 Å². The first-order valence-electron chi connectivity index (χ1n) is 9.43. The summed E-state index contributed by atoms with van der Waals surface area (Å²) in [6.45, 7) is 4.15. The fourth-order valence-corrected chi connectivity index (χ4v) is 5.13. The van der Waals surface area contributed by atoms with Crippen LogP contribution in [0.5, 0.6) is 5.75 Å². The van der Waals surface area contributed by atoms with Crippen molar-refractivity contribution in [3.63, 3.8) is 0 Å². The second-order valence-corrected chi connectivity index (χ2v) is 9.44. The number of urea groups is 1. The van der Waals surface area contributed by atoms with Gasteiger partial charge in [-0.3, -0.25) is 9.88 Å². The Kier molecular flexibility index (Phi) is 7.21. The van der Waals surface area contributed by atoms with Crippen molar-refractivity contribution >= 4 is 38.2 Å². The quantitative estimate of drug-likeness (QED) is 0.532. The maximum atomic E-state index is 12.7. The van der Waals surface area contributed by atoms with Crippen molar-refractivity contribution in [2.75, 3.05) is 23.9 Å². The number of aromatic nitrogens is 2. The normalized spacial score (nSPS) is 11.2. The van der Waals surface area contributed by atoms with Crippen LogP contribution in [0, 0.1) is 6.92 Å². The molecule has 3 rings (SSSR count). The van der Waals surface area contributed by atoms with E-state index in [0.717, 1.165) is 16.9 Å². The molecule has 2 N–H and O–H groups in total. The highest BCUT2D eigenvalue weighted by molar-refractivity contribution is 7.91. The van der Waals surface area contributed by atoms with Gasteiger partial charge in [0.2, 0.25) is 0 Å². The third-order valence-electron chi connectivity index (χ3n) is 4.18. The summed E-state index contributed by atoms with van der Waals surface area (Å²) in [4.78, 5) is 22.1. The van der Waals surface area contributed by atoms with Gasteiger partial charge in [-0.2, -0.15) is 0 Å². The highest BCUT2D eigenvalue weighted by atomic mass is 32.2. The van der Waals surface area contributed by atoms with Gasteiger partial charge in [0.15, 0.2) is 9.34 Å². The molecule has 0 spiro atoms. The van der Waals surface area contributed by atoms with Crippen molar-refractivity contribution in [3.8, 4) is 5.75 Å². The Labute approximate surface area is 185 Å².